The molecule has 1 aromatic carbocycles. The van der Waals surface area contributed by atoms with Gasteiger partial charge in [-0.15, -0.1) is 0 Å². The summed E-state index contributed by atoms with van der Waals surface area (Å²) in [7, 11) is 1.58. The van der Waals surface area contributed by atoms with Crippen molar-refractivity contribution in [2.24, 2.45) is 0 Å². The second-order valence-electron chi connectivity index (χ2n) is 7.97. The molecule has 3 heterocycles. The first kappa shape index (κ1) is 21.9. The topological polar surface area (TPSA) is 109 Å². The molecule has 0 bridgehead atoms. The Labute approximate surface area is 186 Å². The van der Waals surface area contributed by atoms with Crippen molar-refractivity contribution >= 4 is 17.7 Å². The molecule has 2 fully saturated rings. The van der Waals surface area contributed by atoms with Crippen molar-refractivity contribution in [3.8, 4) is 11.4 Å². The highest BCUT2D eigenvalue weighted by molar-refractivity contribution is 5.95. The first-order valence-electron chi connectivity index (χ1n) is 10.7. The van der Waals surface area contributed by atoms with Crippen molar-refractivity contribution in [1.29, 1.82) is 0 Å². The first-order valence-corrected chi connectivity index (χ1v) is 10.7. The minimum absolute atomic E-state index is 0.113. The number of fused-ring (bicyclic) bond motifs is 1. The van der Waals surface area contributed by atoms with E-state index >= 15 is 0 Å². The zero-order valence-electron chi connectivity index (χ0n) is 18.3. The van der Waals surface area contributed by atoms with E-state index < -0.39 is 12.1 Å². The van der Waals surface area contributed by atoms with Gasteiger partial charge in [0, 0.05) is 45.1 Å². The fraction of sp³-hybridized carbons (Fsp3) is 0.500. The van der Waals surface area contributed by atoms with Crippen molar-refractivity contribution in [3.63, 3.8) is 0 Å². The largest absolute Gasteiger partial charge is 0.383 e. The van der Waals surface area contributed by atoms with Crippen molar-refractivity contribution in [2.45, 2.75) is 31.8 Å². The maximum atomic E-state index is 13.0. The summed E-state index contributed by atoms with van der Waals surface area (Å²) >= 11 is 0. The quantitative estimate of drug-likeness (QED) is 0.618. The number of piperazine rings is 2. The number of benzene rings is 1. The second kappa shape index (κ2) is 9.47. The van der Waals surface area contributed by atoms with Crippen LogP contribution in [0.4, 0.5) is 0 Å². The van der Waals surface area contributed by atoms with Crippen LogP contribution < -0.4 is 0 Å². The van der Waals surface area contributed by atoms with Crippen molar-refractivity contribution in [1.82, 2.24) is 24.8 Å². The lowest BCUT2D eigenvalue weighted by Crippen LogP contribution is -2.70. The minimum Gasteiger partial charge on any atom is -0.383 e. The van der Waals surface area contributed by atoms with Crippen LogP contribution in [0.15, 0.2) is 34.9 Å². The standard InChI is InChI=1S/C22H27N5O5/c1-15-21(29)26-11-10-25(12-13-31-2)22(30)17(26)14-27(15)19(28)9-8-18-23-20(24-32-18)16-6-4-3-5-7-16/h3-7,15,17H,8-14H2,1-2H3/t15-,17-/m0/s1. The van der Waals surface area contributed by atoms with Crippen LogP contribution in [0.25, 0.3) is 11.4 Å². The average molecular weight is 441 g/mol. The summed E-state index contributed by atoms with van der Waals surface area (Å²) in [5, 5.41) is 3.97. The summed E-state index contributed by atoms with van der Waals surface area (Å²) in [4.78, 5) is 47.9. The molecular formula is C22H27N5O5. The van der Waals surface area contributed by atoms with Crippen LogP contribution >= 0.6 is 0 Å². The molecule has 4 rings (SSSR count). The normalized spacial score (nSPS) is 21.1. The van der Waals surface area contributed by atoms with Crippen molar-refractivity contribution in [2.75, 3.05) is 39.9 Å². The predicted octanol–water partition coefficient (Wildman–Crippen LogP) is 0.586. The fourth-order valence-electron chi connectivity index (χ4n) is 4.16. The molecule has 0 spiro atoms. The van der Waals surface area contributed by atoms with E-state index in [4.69, 9.17) is 9.26 Å². The molecule has 3 amide bonds. The van der Waals surface area contributed by atoms with Crippen LogP contribution in [-0.2, 0) is 25.5 Å². The summed E-state index contributed by atoms with van der Waals surface area (Å²) in [6.45, 7) is 3.74. The number of carbonyl (C=O) groups is 3. The Balaban J connectivity index is 1.39. The van der Waals surface area contributed by atoms with E-state index in [9.17, 15) is 14.4 Å². The number of carbonyl (C=O) groups excluding carboxylic acids is 3. The number of rotatable bonds is 7. The highest BCUT2D eigenvalue weighted by atomic mass is 16.5. The van der Waals surface area contributed by atoms with E-state index in [2.05, 4.69) is 10.1 Å². The zero-order valence-corrected chi connectivity index (χ0v) is 18.3. The zero-order chi connectivity index (χ0) is 22.7. The number of aryl methyl sites for hydroxylation is 1. The number of nitrogens with zero attached hydrogens (tertiary/aromatic N) is 5. The van der Waals surface area contributed by atoms with E-state index in [1.54, 1.807) is 23.8 Å². The van der Waals surface area contributed by atoms with Crippen LogP contribution in [0.3, 0.4) is 0 Å². The molecule has 0 saturated carbocycles. The smallest absolute Gasteiger partial charge is 0.247 e. The summed E-state index contributed by atoms with van der Waals surface area (Å²) in [5.41, 5.74) is 0.831. The number of amides is 3. The van der Waals surface area contributed by atoms with Gasteiger partial charge in [-0.25, -0.2) is 0 Å². The number of hydrogen-bond donors (Lipinski definition) is 0. The molecule has 10 nitrogen and oxygen atoms in total. The van der Waals surface area contributed by atoms with Gasteiger partial charge in [0.15, 0.2) is 0 Å². The van der Waals surface area contributed by atoms with Gasteiger partial charge >= 0.3 is 0 Å². The molecular weight excluding hydrogens is 414 g/mol. The monoisotopic (exact) mass is 441 g/mol. The molecule has 170 valence electrons. The molecule has 2 saturated heterocycles. The van der Waals surface area contributed by atoms with Crippen LogP contribution in [0, 0.1) is 0 Å². The molecule has 10 heteroatoms. The number of methoxy groups -OCH3 is 1. The van der Waals surface area contributed by atoms with Crippen molar-refractivity contribution < 1.29 is 23.6 Å². The number of hydrogen-bond acceptors (Lipinski definition) is 7. The minimum atomic E-state index is -0.652. The Kier molecular flexibility index (Phi) is 6.50. The van der Waals surface area contributed by atoms with E-state index in [1.807, 2.05) is 30.3 Å². The van der Waals surface area contributed by atoms with Gasteiger partial charge in [-0.1, -0.05) is 35.5 Å². The fourth-order valence-corrected chi connectivity index (χ4v) is 4.16. The summed E-state index contributed by atoms with van der Waals surface area (Å²) in [6, 6.07) is 8.17. The Morgan fingerprint density at radius 2 is 1.97 bits per heavy atom. The maximum Gasteiger partial charge on any atom is 0.247 e. The van der Waals surface area contributed by atoms with E-state index in [1.165, 1.54) is 4.90 Å². The highest BCUT2D eigenvalue weighted by Gasteiger charge is 2.46. The Hall–Kier alpha value is -3.27. The Morgan fingerprint density at radius 3 is 2.72 bits per heavy atom. The lowest BCUT2D eigenvalue weighted by molar-refractivity contribution is -0.165. The third kappa shape index (κ3) is 4.36. The van der Waals surface area contributed by atoms with Gasteiger partial charge in [0.2, 0.25) is 29.4 Å². The van der Waals surface area contributed by atoms with Gasteiger partial charge in [-0.3, -0.25) is 14.4 Å². The van der Waals surface area contributed by atoms with Crippen LogP contribution in [-0.4, -0.2) is 94.5 Å². The molecule has 1 aromatic heterocycles. The summed E-state index contributed by atoms with van der Waals surface area (Å²) in [6.07, 6.45) is 0.376. The van der Waals surface area contributed by atoms with Gasteiger partial charge in [0.1, 0.15) is 12.1 Å². The van der Waals surface area contributed by atoms with Crippen LogP contribution in [0.5, 0.6) is 0 Å². The lowest BCUT2D eigenvalue weighted by atomic mass is 10.0. The third-order valence-electron chi connectivity index (χ3n) is 6.00. The third-order valence-corrected chi connectivity index (χ3v) is 6.00. The van der Waals surface area contributed by atoms with Gasteiger partial charge in [0.25, 0.3) is 0 Å². The molecule has 2 atom stereocenters. The average Bonchev–Trinajstić information content (AvgIpc) is 3.29. The second-order valence-corrected chi connectivity index (χ2v) is 7.97. The number of aromatic nitrogens is 2. The number of ether oxygens (including phenoxy) is 1. The Bertz CT molecular complexity index is 978. The van der Waals surface area contributed by atoms with Gasteiger partial charge < -0.3 is 24.0 Å². The molecule has 0 N–H and O–H groups in total. The molecule has 0 unspecified atom stereocenters. The molecule has 2 aliphatic rings. The lowest BCUT2D eigenvalue weighted by Gasteiger charge is -2.48. The van der Waals surface area contributed by atoms with E-state index in [0.29, 0.717) is 38.0 Å². The van der Waals surface area contributed by atoms with E-state index in [-0.39, 0.29) is 37.1 Å². The molecule has 0 aliphatic carbocycles. The summed E-state index contributed by atoms with van der Waals surface area (Å²) in [5.74, 6) is 0.268. The van der Waals surface area contributed by atoms with Gasteiger partial charge in [0.05, 0.1) is 13.2 Å². The predicted molar refractivity (Wildman–Crippen MR) is 113 cm³/mol. The van der Waals surface area contributed by atoms with Crippen molar-refractivity contribution in [3.05, 3.63) is 36.2 Å². The highest BCUT2D eigenvalue weighted by Crippen LogP contribution is 2.23. The molecule has 32 heavy (non-hydrogen) atoms. The molecule has 2 aliphatic heterocycles. The van der Waals surface area contributed by atoms with Crippen LogP contribution in [0.2, 0.25) is 0 Å². The molecule has 0 radical (unpaired) electrons. The maximum absolute atomic E-state index is 13.0. The van der Waals surface area contributed by atoms with E-state index in [0.717, 1.165) is 5.56 Å². The first-order chi connectivity index (χ1) is 15.5. The Morgan fingerprint density at radius 1 is 1.19 bits per heavy atom. The van der Waals surface area contributed by atoms with Gasteiger partial charge in [-0.2, -0.15) is 4.98 Å². The van der Waals surface area contributed by atoms with Gasteiger partial charge in [-0.05, 0) is 6.92 Å². The molecule has 2 aromatic rings. The summed E-state index contributed by atoms with van der Waals surface area (Å²) < 4.78 is 10.4. The van der Waals surface area contributed by atoms with Crippen LogP contribution in [0.1, 0.15) is 19.2 Å². The SMILES string of the molecule is COCCN1CCN2C(=O)[C@H](C)N(C(=O)CCc3nc(-c4ccccc4)no3)C[C@H]2C1=O.